The third-order valence-corrected chi connectivity index (χ3v) is 2.25. The smallest absolute Gasteiger partial charge is 0.302 e. The van der Waals surface area contributed by atoms with Crippen LogP contribution in [0.25, 0.3) is 0 Å². The van der Waals surface area contributed by atoms with Gasteiger partial charge in [0.15, 0.2) is 0 Å². The monoisotopic (exact) mass is 209 g/mol. The molecule has 0 aromatic carbocycles. The summed E-state index contributed by atoms with van der Waals surface area (Å²) in [5.41, 5.74) is 0. The maximum atomic E-state index is 10.7. The lowest BCUT2D eigenvalue weighted by atomic mass is 10.0. The highest BCUT2D eigenvalue weighted by Crippen LogP contribution is 2.12. The first-order valence-electron chi connectivity index (χ1n) is 5.27. The molecule has 15 heavy (non-hydrogen) atoms. The number of nitrogens with zero attached hydrogens (tertiary/aromatic N) is 1. The van der Waals surface area contributed by atoms with E-state index in [0.29, 0.717) is 12.3 Å². The van der Waals surface area contributed by atoms with Crippen molar-refractivity contribution in [2.24, 2.45) is 5.92 Å². The van der Waals surface area contributed by atoms with Gasteiger partial charge in [-0.25, -0.2) is 0 Å². The van der Waals surface area contributed by atoms with Gasteiger partial charge in [-0.3, -0.25) is 4.79 Å². The molecule has 0 saturated carbocycles. The topological polar surface area (TPSA) is 50.1 Å². The lowest BCUT2D eigenvalue weighted by Crippen LogP contribution is -2.20. The predicted octanol–water partition coefficient (Wildman–Crippen LogP) is 2.82. The van der Waals surface area contributed by atoms with Gasteiger partial charge in [-0.05, 0) is 25.7 Å². The predicted molar refractivity (Wildman–Crippen MR) is 59.0 cm³/mol. The molecule has 3 nitrogen and oxygen atoms in total. The zero-order valence-electron chi connectivity index (χ0n) is 9.69. The van der Waals surface area contributed by atoms with Crippen LogP contribution in [-0.4, -0.2) is 12.1 Å². The van der Waals surface area contributed by atoms with E-state index in [1.54, 1.807) is 0 Å². The van der Waals surface area contributed by atoms with Crippen molar-refractivity contribution < 1.29 is 9.53 Å². The van der Waals surface area contributed by atoms with Crippen LogP contribution < -0.4 is 0 Å². The molecule has 0 heterocycles. The molecule has 0 fully saturated rings. The van der Waals surface area contributed by atoms with Gasteiger partial charge in [0.2, 0.25) is 0 Å². The van der Waals surface area contributed by atoms with E-state index in [4.69, 9.17) is 10.00 Å². The van der Waals surface area contributed by atoms with Gasteiger partial charge in [0.25, 0.3) is 0 Å². The fraction of sp³-hybridized carbons (Fsp3) is 0.667. The normalized spacial score (nSPS) is 14.5. The quantitative estimate of drug-likeness (QED) is 0.384. The molecule has 0 radical (unpaired) electrons. The Morgan fingerprint density at radius 1 is 1.47 bits per heavy atom. The van der Waals surface area contributed by atoms with Crippen LogP contribution >= 0.6 is 0 Å². The molecule has 84 valence electrons. The maximum Gasteiger partial charge on any atom is 0.302 e. The number of hydrogen-bond acceptors (Lipinski definition) is 3. The lowest BCUT2D eigenvalue weighted by Gasteiger charge is -2.17. The van der Waals surface area contributed by atoms with Gasteiger partial charge in [-0.1, -0.05) is 19.1 Å². The van der Waals surface area contributed by atoms with Crippen molar-refractivity contribution in [2.75, 3.05) is 0 Å². The van der Waals surface area contributed by atoms with Crippen molar-refractivity contribution in [1.29, 1.82) is 5.26 Å². The van der Waals surface area contributed by atoms with E-state index >= 15 is 0 Å². The number of carbonyl (C=O) groups is 1. The summed E-state index contributed by atoms with van der Waals surface area (Å²) in [6.45, 7) is 5.36. The second-order valence-electron chi connectivity index (χ2n) is 3.70. The van der Waals surface area contributed by atoms with Crippen molar-refractivity contribution in [3.63, 3.8) is 0 Å². The first-order chi connectivity index (χ1) is 7.07. The van der Waals surface area contributed by atoms with Gasteiger partial charge in [0.1, 0.15) is 6.10 Å². The van der Waals surface area contributed by atoms with E-state index in [0.717, 1.165) is 12.8 Å². The van der Waals surface area contributed by atoms with Crippen molar-refractivity contribution in [2.45, 2.75) is 46.1 Å². The first-order valence-corrected chi connectivity index (χ1v) is 5.27. The highest BCUT2D eigenvalue weighted by molar-refractivity contribution is 5.66. The standard InChI is InChI=1S/C12H19NO2/c1-10(11(2)15-12(3)14)8-6-4-5-7-9-13/h4,6,10-11H,5,7-8H2,1-3H3. The van der Waals surface area contributed by atoms with E-state index in [1.165, 1.54) is 6.92 Å². The van der Waals surface area contributed by atoms with Crippen molar-refractivity contribution in [1.82, 2.24) is 0 Å². The highest BCUT2D eigenvalue weighted by atomic mass is 16.5. The fourth-order valence-corrected chi connectivity index (χ4v) is 1.15. The van der Waals surface area contributed by atoms with Crippen LogP contribution in [0.2, 0.25) is 0 Å². The van der Waals surface area contributed by atoms with Crippen LogP contribution in [0.3, 0.4) is 0 Å². The molecule has 0 saturated heterocycles. The van der Waals surface area contributed by atoms with Gasteiger partial charge in [0.05, 0.1) is 6.07 Å². The second-order valence-corrected chi connectivity index (χ2v) is 3.70. The molecule has 0 aromatic heterocycles. The molecule has 0 aliphatic carbocycles. The average molecular weight is 209 g/mol. The number of carbonyl (C=O) groups excluding carboxylic acids is 1. The van der Waals surface area contributed by atoms with Gasteiger partial charge < -0.3 is 4.74 Å². The summed E-state index contributed by atoms with van der Waals surface area (Å²) in [4.78, 5) is 10.7. The molecular weight excluding hydrogens is 190 g/mol. The number of nitriles is 1. The van der Waals surface area contributed by atoms with Gasteiger partial charge in [-0.2, -0.15) is 5.26 Å². The summed E-state index contributed by atoms with van der Waals surface area (Å²) in [6.07, 6.45) is 6.22. The largest absolute Gasteiger partial charge is 0.463 e. The van der Waals surface area contributed by atoms with Crippen LogP contribution in [0.15, 0.2) is 12.2 Å². The molecule has 0 rings (SSSR count). The van der Waals surface area contributed by atoms with Gasteiger partial charge >= 0.3 is 5.97 Å². The molecule has 0 bridgehead atoms. The van der Waals surface area contributed by atoms with E-state index in [1.807, 2.05) is 26.0 Å². The minimum Gasteiger partial charge on any atom is -0.463 e. The number of rotatable bonds is 6. The maximum absolute atomic E-state index is 10.7. The van der Waals surface area contributed by atoms with Crippen LogP contribution in [0, 0.1) is 17.2 Å². The molecule has 0 aliphatic rings. The summed E-state index contributed by atoms with van der Waals surface area (Å²) >= 11 is 0. The summed E-state index contributed by atoms with van der Waals surface area (Å²) in [5.74, 6) is 0.0787. The van der Waals surface area contributed by atoms with Crippen LogP contribution in [0.1, 0.15) is 40.0 Å². The Hall–Kier alpha value is -1.30. The molecular formula is C12H19NO2. The summed E-state index contributed by atoms with van der Waals surface area (Å²) < 4.78 is 5.07. The Morgan fingerprint density at radius 2 is 2.13 bits per heavy atom. The number of hydrogen-bond donors (Lipinski definition) is 0. The van der Waals surface area contributed by atoms with Gasteiger partial charge in [0, 0.05) is 13.3 Å². The van der Waals surface area contributed by atoms with Crippen LogP contribution in [0.5, 0.6) is 0 Å². The molecule has 0 N–H and O–H groups in total. The minimum absolute atomic E-state index is 0.0527. The molecule has 2 unspecified atom stereocenters. The zero-order chi connectivity index (χ0) is 11.7. The molecule has 0 aliphatic heterocycles. The lowest BCUT2D eigenvalue weighted by molar-refractivity contribution is -0.147. The highest BCUT2D eigenvalue weighted by Gasteiger charge is 2.12. The van der Waals surface area contributed by atoms with Crippen LogP contribution in [0.4, 0.5) is 0 Å². The van der Waals surface area contributed by atoms with Crippen molar-refractivity contribution in [3.05, 3.63) is 12.2 Å². The van der Waals surface area contributed by atoms with Crippen molar-refractivity contribution in [3.8, 4) is 6.07 Å². The number of unbranched alkanes of at least 4 members (excludes halogenated alkanes) is 1. The number of allylic oxidation sites excluding steroid dienone is 2. The summed E-state index contributed by atoms with van der Waals surface area (Å²) in [5, 5.41) is 8.32. The summed E-state index contributed by atoms with van der Waals surface area (Å²) in [6, 6.07) is 2.08. The average Bonchev–Trinajstić information content (AvgIpc) is 2.16. The van der Waals surface area contributed by atoms with Crippen molar-refractivity contribution >= 4 is 5.97 Å². The SMILES string of the molecule is CC(=O)OC(C)C(C)CC=CCCC#N. The third kappa shape index (κ3) is 7.75. The van der Waals surface area contributed by atoms with E-state index in [9.17, 15) is 4.79 Å². The van der Waals surface area contributed by atoms with E-state index < -0.39 is 0 Å². The molecule has 0 amide bonds. The number of ether oxygens (including phenoxy) is 1. The molecule has 0 aromatic rings. The first kappa shape index (κ1) is 13.7. The van der Waals surface area contributed by atoms with E-state index in [-0.39, 0.29) is 12.1 Å². The Bertz CT molecular complexity index is 253. The third-order valence-electron chi connectivity index (χ3n) is 2.25. The zero-order valence-corrected chi connectivity index (χ0v) is 9.69. The second kappa shape index (κ2) is 8.05. The van der Waals surface area contributed by atoms with Gasteiger partial charge in [-0.15, -0.1) is 0 Å². The fourth-order valence-electron chi connectivity index (χ4n) is 1.15. The van der Waals surface area contributed by atoms with E-state index in [2.05, 4.69) is 6.07 Å². The minimum atomic E-state index is -0.234. The van der Waals surface area contributed by atoms with Crippen LogP contribution in [-0.2, 0) is 9.53 Å². The Labute approximate surface area is 91.7 Å². The number of esters is 1. The summed E-state index contributed by atoms with van der Waals surface area (Å²) in [7, 11) is 0. The Kier molecular flexibility index (Phi) is 7.35. The molecule has 0 spiro atoms. The molecule has 2 atom stereocenters. The Morgan fingerprint density at radius 3 is 2.67 bits per heavy atom. The Balaban J connectivity index is 3.73. The molecule has 3 heteroatoms.